The predicted octanol–water partition coefficient (Wildman–Crippen LogP) is 2.91. The molecule has 31 heavy (non-hydrogen) atoms. The fourth-order valence-electron chi connectivity index (χ4n) is 4.04. The predicted molar refractivity (Wildman–Crippen MR) is 123 cm³/mol. The average molecular weight is 464 g/mol. The van der Waals surface area contributed by atoms with E-state index < -0.39 is 16.1 Å². The molecule has 0 aromatic heterocycles. The van der Waals surface area contributed by atoms with Crippen molar-refractivity contribution in [2.24, 2.45) is 0 Å². The Hall–Kier alpha value is -2.45. The molecule has 0 bridgehead atoms. The maximum absolute atomic E-state index is 13.2. The number of piperazine rings is 1. The van der Waals surface area contributed by atoms with Gasteiger partial charge in [-0.2, -0.15) is 0 Å². The Bertz CT molecular complexity index is 1080. The molecule has 0 aliphatic carbocycles. The number of anilines is 2. The van der Waals surface area contributed by atoms with Crippen LogP contribution in [0.3, 0.4) is 0 Å². The quantitative estimate of drug-likeness (QED) is 0.697. The number of benzene rings is 2. The van der Waals surface area contributed by atoms with Crippen LogP contribution in [-0.2, 0) is 14.8 Å². The van der Waals surface area contributed by atoms with Gasteiger partial charge in [0.1, 0.15) is 5.75 Å². The Kier molecular flexibility index (Phi) is 6.03. The highest BCUT2D eigenvalue weighted by molar-refractivity contribution is 7.92. The van der Waals surface area contributed by atoms with E-state index in [0.717, 1.165) is 11.3 Å². The summed E-state index contributed by atoms with van der Waals surface area (Å²) in [5, 5.41) is 0.686. The molecule has 4 rings (SSSR count). The van der Waals surface area contributed by atoms with Crippen molar-refractivity contribution in [1.29, 1.82) is 0 Å². The minimum atomic E-state index is -3.52. The lowest BCUT2D eigenvalue weighted by Crippen LogP contribution is -2.56. The highest BCUT2D eigenvalue weighted by Gasteiger charge is 2.38. The monoisotopic (exact) mass is 463 g/mol. The maximum Gasteiger partial charge on any atom is 0.265 e. The van der Waals surface area contributed by atoms with Crippen LogP contribution in [0.15, 0.2) is 42.5 Å². The van der Waals surface area contributed by atoms with Crippen molar-refractivity contribution >= 4 is 38.9 Å². The molecule has 7 nitrogen and oxygen atoms in total. The molecule has 2 aromatic carbocycles. The zero-order valence-corrected chi connectivity index (χ0v) is 19.2. The fourth-order valence-corrected chi connectivity index (χ4v) is 5.34. The summed E-state index contributed by atoms with van der Waals surface area (Å²) < 4.78 is 32.5. The van der Waals surface area contributed by atoms with Crippen molar-refractivity contribution < 1.29 is 17.9 Å². The highest BCUT2D eigenvalue weighted by Crippen LogP contribution is 2.35. The third-order valence-electron chi connectivity index (χ3n) is 5.81. The summed E-state index contributed by atoms with van der Waals surface area (Å²) in [6.45, 7) is 6.04. The van der Waals surface area contributed by atoms with Gasteiger partial charge in [0.25, 0.3) is 5.91 Å². The van der Waals surface area contributed by atoms with Crippen LogP contribution in [0.25, 0.3) is 0 Å². The molecule has 0 radical (unpaired) electrons. The Morgan fingerprint density at radius 1 is 1.10 bits per heavy atom. The zero-order chi connectivity index (χ0) is 22.2. The van der Waals surface area contributed by atoms with Crippen LogP contribution in [0.5, 0.6) is 5.75 Å². The van der Waals surface area contributed by atoms with E-state index in [4.69, 9.17) is 16.3 Å². The van der Waals surface area contributed by atoms with E-state index in [-0.39, 0.29) is 18.2 Å². The van der Waals surface area contributed by atoms with E-state index in [1.165, 1.54) is 4.31 Å². The summed E-state index contributed by atoms with van der Waals surface area (Å²) in [5.41, 5.74) is 2.69. The van der Waals surface area contributed by atoms with Crippen LogP contribution in [0, 0.1) is 6.92 Å². The lowest BCUT2D eigenvalue weighted by molar-refractivity contribution is -0.138. The van der Waals surface area contributed by atoms with E-state index in [1.54, 1.807) is 36.1 Å². The minimum absolute atomic E-state index is 0.0143. The van der Waals surface area contributed by atoms with Gasteiger partial charge in [0.15, 0.2) is 6.10 Å². The van der Waals surface area contributed by atoms with Crippen molar-refractivity contribution in [1.82, 2.24) is 4.90 Å². The largest absolute Gasteiger partial charge is 0.476 e. The first-order valence-corrected chi connectivity index (χ1v) is 12.3. The molecule has 2 heterocycles. The van der Waals surface area contributed by atoms with Gasteiger partial charge >= 0.3 is 0 Å². The first kappa shape index (κ1) is 21.8. The number of hydrogen-bond acceptors (Lipinski definition) is 5. The lowest BCUT2D eigenvalue weighted by atomic mass is 10.1. The van der Waals surface area contributed by atoms with Crippen molar-refractivity contribution in [2.75, 3.05) is 47.7 Å². The number of nitrogens with zero attached hydrogens (tertiary/aromatic N) is 3. The van der Waals surface area contributed by atoms with E-state index in [1.807, 2.05) is 25.1 Å². The summed E-state index contributed by atoms with van der Waals surface area (Å²) >= 11 is 6.16. The molecular formula is C22H26ClN3O4S. The molecule has 9 heteroatoms. The first-order chi connectivity index (χ1) is 14.8. The van der Waals surface area contributed by atoms with Gasteiger partial charge in [-0.25, -0.2) is 8.42 Å². The third kappa shape index (κ3) is 4.32. The molecule has 1 amide bonds. The number of amides is 1. The maximum atomic E-state index is 13.2. The highest BCUT2D eigenvalue weighted by atomic mass is 35.5. The minimum Gasteiger partial charge on any atom is -0.476 e. The van der Waals surface area contributed by atoms with E-state index in [2.05, 4.69) is 4.90 Å². The van der Waals surface area contributed by atoms with Crippen LogP contribution in [0.1, 0.15) is 12.5 Å². The van der Waals surface area contributed by atoms with Gasteiger partial charge < -0.3 is 14.5 Å². The second kappa shape index (κ2) is 8.59. The van der Waals surface area contributed by atoms with Crippen molar-refractivity contribution in [3.63, 3.8) is 0 Å². The summed E-state index contributed by atoms with van der Waals surface area (Å²) in [4.78, 5) is 17.2. The number of aryl methyl sites for hydroxylation is 1. The van der Waals surface area contributed by atoms with Crippen LogP contribution >= 0.6 is 11.6 Å². The van der Waals surface area contributed by atoms with Gasteiger partial charge in [0, 0.05) is 36.9 Å². The lowest BCUT2D eigenvalue weighted by Gasteiger charge is -2.40. The van der Waals surface area contributed by atoms with Crippen LogP contribution < -0.4 is 13.9 Å². The van der Waals surface area contributed by atoms with E-state index >= 15 is 0 Å². The van der Waals surface area contributed by atoms with Gasteiger partial charge in [0.05, 0.1) is 18.0 Å². The first-order valence-electron chi connectivity index (χ1n) is 10.4. The summed E-state index contributed by atoms with van der Waals surface area (Å²) in [5.74, 6) is 0.186. The molecule has 2 aliphatic heterocycles. The molecule has 1 fully saturated rings. The van der Waals surface area contributed by atoms with Crippen LogP contribution in [-0.4, -0.2) is 63.8 Å². The number of fused-ring (bicyclic) bond motifs is 1. The topological polar surface area (TPSA) is 70.2 Å². The normalized spacial score (nSPS) is 19.1. The summed E-state index contributed by atoms with van der Waals surface area (Å²) in [7, 11) is -3.52. The Morgan fingerprint density at radius 2 is 1.81 bits per heavy atom. The van der Waals surface area contributed by atoms with Gasteiger partial charge in [-0.3, -0.25) is 9.10 Å². The Balaban J connectivity index is 1.49. The summed E-state index contributed by atoms with van der Waals surface area (Å²) in [6.07, 6.45) is -0.865. The number of carbonyl (C=O) groups is 1. The number of carbonyl (C=O) groups excluding carboxylic acids is 1. The molecular weight excluding hydrogens is 438 g/mol. The van der Waals surface area contributed by atoms with Crippen molar-refractivity contribution in [2.45, 2.75) is 20.0 Å². The molecule has 2 aliphatic rings. The van der Waals surface area contributed by atoms with Crippen molar-refractivity contribution in [3.8, 4) is 5.75 Å². The summed E-state index contributed by atoms with van der Waals surface area (Å²) in [6, 6.07) is 12.7. The number of halogens is 1. The number of sulfonamides is 1. The fraction of sp³-hybridized carbons (Fsp3) is 0.409. The molecule has 1 atom stereocenters. The number of ether oxygens (including phenoxy) is 1. The van der Waals surface area contributed by atoms with Gasteiger partial charge in [-0.05, 0) is 43.7 Å². The Labute approximate surface area is 188 Å². The number of rotatable bonds is 4. The van der Waals surface area contributed by atoms with E-state index in [9.17, 15) is 13.2 Å². The van der Waals surface area contributed by atoms with Gasteiger partial charge in [-0.1, -0.05) is 29.8 Å². The SMILES string of the molecule is CCS(=O)(=O)N1C[C@@H](C(=O)N2CCN(c3cc(Cl)ccc3C)CC2)Oc2ccccc21. The molecule has 0 saturated carbocycles. The van der Waals surface area contributed by atoms with Crippen LogP contribution in [0.4, 0.5) is 11.4 Å². The number of hydrogen-bond donors (Lipinski definition) is 0. The second-order valence-corrected chi connectivity index (χ2v) is 10.4. The molecule has 0 N–H and O–H groups in total. The Morgan fingerprint density at radius 3 is 2.52 bits per heavy atom. The second-order valence-electron chi connectivity index (χ2n) is 7.75. The zero-order valence-electron chi connectivity index (χ0n) is 17.6. The third-order valence-corrected chi connectivity index (χ3v) is 7.80. The molecule has 0 spiro atoms. The standard InChI is InChI=1S/C22H26ClN3O4S/c1-3-31(28,29)26-15-21(30-20-7-5-4-6-18(20)26)22(27)25-12-10-24(11-13-25)19-14-17(23)9-8-16(19)2/h4-9,14,21H,3,10-13,15H2,1-2H3/t21-/m0/s1. The molecule has 1 saturated heterocycles. The molecule has 166 valence electrons. The molecule has 2 aromatic rings. The number of para-hydroxylation sites is 2. The van der Waals surface area contributed by atoms with Gasteiger partial charge in [-0.15, -0.1) is 0 Å². The van der Waals surface area contributed by atoms with Crippen molar-refractivity contribution in [3.05, 3.63) is 53.1 Å². The van der Waals surface area contributed by atoms with Gasteiger partial charge in [0.2, 0.25) is 10.0 Å². The molecule has 0 unspecified atom stereocenters. The van der Waals surface area contributed by atoms with Crippen LogP contribution in [0.2, 0.25) is 5.02 Å². The smallest absolute Gasteiger partial charge is 0.265 e. The average Bonchev–Trinajstić information content (AvgIpc) is 2.79. The van der Waals surface area contributed by atoms with E-state index in [0.29, 0.717) is 42.6 Å².